The van der Waals surface area contributed by atoms with Crippen molar-refractivity contribution >= 4 is 29.3 Å². The second-order valence-electron chi connectivity index (χ2n) is 8.78. The minimum absolute atomic E-state index is 0.0444. The molecule has 0 aliphatic heterocycles. The normalized spacial score (nSPS) is 16.6. The van der Waals surface area contributed by atoms with Gasteiger partial charge in [-0.05, 0) is 70.8 Å². The maximum Gasteiger partial charge on any atom is 0.411 e. The molecule has 0 radical (unpaired) electrons. The molecule has 7 heteroatoms. The first-order chi connectivity index (χ1) is 16.3. The molecule has 1 fully saturated rings. The highest BCUT2D eigenvalue weighted by atomic mass is 35.5. The van der Waals surface area contributed by atoms with Gasteiger partial charge in [0.05, 0.1) is 0 Å². The van der Waals surface area contributed by atoms with Gasteiger partial charge in [0.15, 0.2) is 0 Å². The Morgan fingerprint density at radius 1 is 1.00 bits per heavy atom. The van der Waals surface area contributed by atoms with Crippen LogP contribution in [0.3, 0.4) is 0 Å². The molecule has 0 unspecified atom stereocenters. The molecule has 3 aromatic rings. The van der Waals surface area contributed by atoms with E-state index in [0.717, 1.165) is 28.7 Å². The highest BCUT2D eigenvalue weighted by Crippen LogP contribution is 2.55. The molecule has 2 atom stereocenters. The second-order valence-corrected chi connectivity index (χ2v) is 9.21. The molecule has 1 aliphatic rings. The summed E-state index contributed by atoms with van der Waals surface area (Å²) in [5.74, 6) is 0.462. The molecule has 0 spiro atoms. The molecule has 2 amide bonds. The van der Waals surface area contributed by atoms with Crippen LogP contribution in [0.2, 0.25) is 5.02 Å². The number of ether oxygens (including phenoxy) is 1. The lowest BCUT2D eigenvalue weighted by molar-refractivity contribution is 0.0827. The molecule has 1 saturated carbocycles. The highest BCUT2D eigenvalue weighted by molar-refractivity contribution is 6.31. The minimum Gasteiger partial charge on any atom is -0.444 e. The first-order valence-corrected chi connectivity index (χ1v) is 11.6. The monoisotopic (exact) mass is 477 g/mol. The number of hydrogen-bond donors (Lipinski definition) is 2. The first-order valence-electron chi connectivity index (χ1n) is 11.2. The highest BCUT2D eigenvalue weighted by Gasteiger charge is 2.40. The van der Waals surface area contributed by atoms with Crippen LogP contribution in [0.1, 0.15) is 50.9 Å². The van der Waals surface area contributed by atoms with Crippen molar-refractivity contribution in [3.63, 3.8) is 0 Å². The summed E-state index contributed by atoms with van der Waals surface area (Å²) in [6, 6.07) is 20.9. The molecule has 0 aromatic heterocycles. The SMILES string of the molecule is CN(C)C(=O)c1cc(CN)cc([C@@H]2C[C@H]2c2cc(Cl)cc(NC(=O)OCc3ccccc3)c2)c1. The van der Waals surface area contributed by atoms with Gasteiger partial charge in [-0.1, -0.05) is 48.0 Å². The van der Waals surface area contributed by atoms with E-state index in [4.69, 9.17) is 22.1 Å². The predicted octanol–water partition coefficient (Wildman–Crippen LogP) is 5.52. The third-order valence-corrected chi connectivity index (χ3v) is 6.15. The summed E-state index contributed by atoms with van der Waals surface area (Å²) in [7, 11) is 3.48. The van der Waals surface area contributed by atoms with E-state index < -0.39 is 6.09 Å². The summed E-state index contributed by atoms with van der Waals surface area (Å²) in [5, 5.41) is 3.32. The van der Waals surface area contributed by atoms with Crippen molar-refractivity contribution in [3.8, 4) is 0 Å². The molecule has 3 aromatic carbocycles. The Kier molecular flexibility index (Phi) is 7.20. The Morgan fingerprint density at radius 2 is 1.71 bits per heavy atom. The maximum absolute atomic E-state index is 12.5. The van der Waals surface area contributed by atoms with E-state index in [0.29, 0.717) is 22.8 Å². The molecule has 0 heterocycles. The van der Waals surface area contributed by atoms with Gasteiger partial charge in [0.2, 0.25) is 0 Å². The van der Waals surface area contributed by atoms with Gasteiger partial charge in [-0.15, -0.1) is 0 Å². The predicted molar refractivity (Wildman–Crippen MR) is 134 cm³/mol. The van der Waals surface area contributed by atoms with Crippen molar-refractivity contribution in [2.75, 3.05) is 19.4 Å². The molecule has 1 aliphatic carbocycles. The van der Waals surface area contributed by atoms with Crippen molar-refractivity contribution < 1.29 is 14.3 Å². The number of nitrogens with zero attached hydrogens (tertiary/aromatic N) is 1. The molecule has 0 saturated heterocycles. The van der Waals surface area contributed by atoms with Crippen LogP contribution in [0.4, 0.5) is 10.5 Å². The molecule has 6 nitrogen and oxygen atoms in total. The van der Waals surface area contributed by atoms with Crippen LogP contribution in [0.15, 0.2) is 66.7 Å². The molecular weight excluding hydrogens is 450 g/mol. The van der Waals surface area contributed by atoms with Gasteiger partial charge in [0.25, 0.3) is 5.91 Å². The van der Waals surface area contributed by atoms with E-state index in [1.165, 1.54) is 0 Å². The number of halogens is 1. The summed E-state index contributed by atoms with van der Waals surface area (Å²) >= 11 is 6.36. The van der Waals surface area contributed by atoms with Crippen LogP contribution in [-0.4, -0.2) is 31.0 Å². The van der Waals surface area contributed by atoms with Crippen LogP contribution in [-0.2, 0) is 17.9 Å². The minimum atomic E-state index is -0.535. The van der Waals surface area contributed by atoms with Gasteiger partial charge >= 0.3 is 6.09 Å². The molecule has 34 heavy (non-hydrogen) atoms. The Hall–Kier alpha value is -3.35. The summed E-state index contributed by atoms with van der Waals surface area (Å²) in [6.45, 7) is 0.561. The van der Waals surface area contributed by atoms with Gasteiger partial charge in [0, 0.05) is 36.9 Å². The van der Waals surface area contributed by atoms with Crippen LogP contribution in [0.5, 0.6) is 0 Å². The Labute approximate surface area is 204 Å². The average Bonchev–Trinajstić information content (AvgIpc) is 3.63. The number of rotatable bonds is 7. The van der Waals surface area contributed by atoms with E-state index in [2.05, 4.69) is 11.4 Å². The van der Waals surface area contributed by atoms with E-state index in [1.807, 2.05) is 54.6 Å². The summed E-state index contributed by atoms with van der Waals surface area (Å²) in [4.78, 5) is 26.4. The van der Waals surface area contributed by atoms with Gasteiger partial charge in [-0.3, -0.25) is 10.1 Å². The van der Waals surface area contributed by atoms with Crippen molar-refractivity contribution in [1.82, 2.24) is 4.90 Å². The lowest BCUT2D eigenvalue weighted by Crippen LogP contribution is -2.22. The Balaban J connectivity index is 1.46. The fraction of sp³-hybridized carbons (Fsp3) is 0.259. The Morgan fingerprint density at radius 3 is 2.38 bits per heavy atom. The number of benzene rings is 3. The van der Waals surface area contributed by atoms with E-state index in [9.17, 15) is 9.59 Å². The van der Waals surface area contributed by atoms with Crippen molar-refractivity contribution in [3.05, 3.63) is 99.6 Å². The van der Waals surface area contributed by atoms with Crippen molar-refractivity contribution in [1.29, 1.82) is 0 Å². The lowest BCUT2D eigenvalue weighted by atomic mass is 9.99. The number of carbonyl (C=O) groups excluding carboxylic acids is 2. The van der Waals surface area contributed by atoms with Gasteiger partial charge < -0.3 is 15.4 Å². The molecule has 176 valence electrons. The van der Waals surface area contributed by atoms with Crippen LogP contribution in [0, 0.1) is 0 Å². The number of anilines is 1. The molecule has 3 N–H and O–H groups in total. The van der Waals surface area contributed by atoms with Crippen LogP contribution in [0.25, 0.3) is 0 Å². The third-order valence-electron chi connectivity index (χ3n) is 5.93. The number of nitrogens with one attached hydrogen (secondary N) is 1. The number of carbonyl (C=O) groups is 2. The quantitative estimate of drug-likeness (QED) is 0.469. The fourth-order valence-electron chi connectivity index (χ4n) is 4.14. The zero-order valence-corrected chi connectivity index (χ0v) is 20.0. The fourth-order valence-corrected chi connectivity index (χ4v) is 4.38. The lowest BCUT2D eigenvalue weighted by Gasteiger charge is -2.13. The molecular formula is C27H28ClN3O3. The van der Waals surface area contributed by atoms with E-state index in [-0.39, 0.29) is 24.3 Å². The largest absolute Gasteiger partial charge is 0.444 e. The van der Waals surface area contributed by atoms with Crippen molar-refractivity contribution in [2.45, 2.75) is 31.4 Å². The number of hydrogen-bond acceptors (Lipinski definition) is 4. The standard InChI is InChI=1S/C27H28ClN3O3/c1-31(2)26(32)21-9-18(15-29)8-19(10-21)24-14-25(24)20-11-22(28)13-23(12-20)30-27(33)34-16-17-6-4-3-5-7-17/h3-13,24-25H,14-16,29H2,1-2H3,(H,30,33)/t24-,25-/m0/s1. The third kappa shape index (κ3) is 5.76. The molecule has 0 bridgehead atoms. The summed E-state index contributed by atoms with van der Waals surface area (Å²) in [5.41, 5.74) is 11.1. The zero-order valence-electron chi connectivity index (χ0n) is 19.3. The van der Waals surface area contributed by atoms with Crippen LogP contribution < -0.4 is 11.1 Å². The number of nitrogens with two attached hydrogens (primary N) is 1. The van der Waals surface area contributed by atoms with Crippen molar-refractivity contribution in [2.24, 2.45) is 5.73 Å². The summed E-state index contributed by atoms with van der Waals surface area (Å²) in [6.07, 6.45) is 0.397. The van der Waals surface area contributed by atoms with E-state index >= 15 is 0 Å². The maximum atomic E-state index is 12.5. The molecule has 4 rings (SSSR count). The Bertz CT molecular complexity index is 1200. The smallest absolute Gasteiger partial charge is 0.411 e. The number of amides is 2. The summed E-state index contributed by atoms with van der Waals surface area (Å²) < 4.78 is 5.32. The average molecular weight is 478 g/mol. The van der Waals surface area contributed by atoms with Gasteiger partial charge in [-0.2, -0.15) is 0 Å². The second kappa shape index (κ2) is 10.3. The zero-order chi connectivity index (χ0) is 24.2. The van der Waals surface area contributed by atoms with Gasteiger partial charge in [-0.25, -0.2) is 4.79 Å². The topological polar surface area (TPSA) is 84.7 Å². The van der Waals surface area contributed by atoms with Gasteiger partial charge in [0.1, 0.15) is 6.61 Å². The first kappa shape index (κ1) is 23.8. The van der Waals surface area contributed by atoms with E-state index in [1.54, 1.807) is 25.1 Å². The van der Waals surface area contributed by atoms with Crippen LogP contribution >= 0.6 is 11.6 Å².